The second-order valence-corrected chi connectivity index (χ2v) is 3.43. The van der Waals surface area contributed by atoms with Gasteiger partial charge in [-0.3, -0.25) is 0 Å². The molecule has 17 heavy (non-hydrogen) atoms. The summed E-state index contributed by atoms with van der Waals surface area (Å²) in [5.41, 5.74) is 8.23. The lowest BCUT2D eigenvalue weighted by molar-refractivity contribution is 0.628. The van der Waals surface area contributed by atoms with E-state index in [-0.39, 0.29) is 5.82 Å². The fourth-order valence-electron chi connectivity index (χ4n) is 1.47. The Morgan fingerprint density at radius 1 is 1.12 bits per heavy atom. The Morgan fingerprint density at radius 3 is 2.41 bits per heavy atom. The van der Waals surface area contributed by atoms with Crippen molar-refractivity contribution in [2.75, 3.05) is 5.73 Å². The number of hydrogen-bond acceptors (Lipinski definition) is 2. The molecule has 90 valence electrons. The van der Waals surface area contributed by atoms with Gasteiger partial charge in [0.2, 0.25) is 0 Å². The molecule has 0 aliphatic heterocycles. The van der Waals surface area contributed by atoms with E-state index in [9.17, 15) is 4.39 Å². The first-order valence-corrected chi connectivity index (χ1v) is 5.65. The molecule has 0 amide bonds. The second-order valence-electron chi connectivity index (χ2n) is 3.43. The lowest BCUT2D eigenvalue weighted by Crippen LogP contribution is -1.90. The average Bonchev–Trinajstić information content (AvgIpc) is 2.36. The number of nitrogens with two attached hydrogens (primary N) is 1. The summed E-state index contributed by atoms with van der Waals surface area (Å²) < 4.78 is 13.1. The maximum atomic E-state index is 13.1. The molecule has 2 aromatic rings. The smallest absolute Gasteiger partial charge is 0.123 e. The summed E-state index contributed by atoms with van der Waals surface area (Å²) in [6.07, 6.45) is 1.65. The van der Waals surface area contributed by atoms with Gasteiger partial charge in [-0.15, -0.1) is 0 Å². The summed E-state index contributed by atoms with van der Waals surface area (Å²) in [6.45, 7) is 5.94. The number of aromatic nitrogens is 1. The maximum absolute atomic E-state index is 13.1. The molecule has 0 bridgehead atoms. The highest BCUT2D eigenvalue weighted by atomic mass is 19.1. The van der Waals surface area contributed by atoms with Crippen molar-refractivity contribution in [2.45, 2.75) is 20.8 Å². The van der Waals surface area contributed by atoms with E-state index in [1.807, 2.05) is 26.8 Å². The van der Waals surface area contributed by atoms with E-state index in [0.29, 0.717) is 5.82 Å². The van der Waals surface area contributed by atoms with Crippen LogP contribution in [0.1, 0.15) is 19.4 Å². The van der Waals surface area contributed by atoms with Crippen molar-refractivity contribution in [3.63, 3.8) is 0 Å². The molecule has 3 heteroatoms. The molecule has 0 aliphatic rings. The van der Waals surface area contributed by atoms with Crippen LogP contribution in [0.5, 0.6) is 0 Å². The Hall–Kier alpha value is -1.90. The van der Waals surface area contributed by atoms with E-state index in [1.54, 1.807) is 18.3 Å². The third-order valence-corrected chi connectivity index (χ3v) is 2.30. The minimum absolute atomic E-state index is 0.243. The van der Waals surface area contributed by atoms with Gasteiger partial charge >= 0.3 is 0 Å². The third kappa shape index (κ3) is 3.28. The minimum atomic E-state index is -0.243. The molecule has 0 radical (unpaired) electrons. The molecule has 0 saturated heterocycles. The number of hydrogen-bond donors (Lipinski definition) is 1. The second kappa shape index (κ2) is 5.99. The van der Waals surface area contributed by atoms with E-state index in [4.69, 9.17) is 5.73 Å². The SMILES string of the molecule is CC.Cc1ccc(F)cc1-c1ccc(N)nc1. The Kier molecular flexibility index (Phi) is 4.64. The molecule has 2 rings (SSSR count). The van der Waals surface area contributed by atoms with E-state index in [1.165, 1.54) is 12.1 Å². The van der Waals surface area contributed by atoms with E-state index >= 15 is 0 Å². The minimum Gasteiger partial charge on any atom is -0.384 e. The molecule has 1 aromatic heterocycles. The van der Waals surface area contributed by atoms with Crippen LogP contribution in [0.15, 0.2) is 36.5 Å². The normalized spacial score (nSPS) is 9.41. The highest BCUT2D eigenvalue weighted by Crippen LogP contribution is 2.23. The first-order valence-electron chi connectivity index (χ1n) is 5.65. The van der Waals surface area contributed by atoms with Crippen molar-refractivity contribution < 1.29 is 4.39 Å². The first kappa shape index (κ1) is 13.2. The average molecular weight is 232 g/mol. The number of aryl methyl sites for hydroxylation is 1. The molecular weight excluding hydrogens is 215 g/mol. The zero-order valence-corrected chi connectivity index (χ0v) is 10.4. The van der Waals surface area contributed by atoms with Gasteiger partial charge < -0.3 is 5.73 Å². The van der Waals surface area contributed by atoms with Gasteiger partial charge in [0.15, 0.2) is 0 Å². The maximum Gasteiger partial charge on any atom is 0.123 e. The number of anilines is 1. The predicted octanol–water partition coefficient (Wildman–Crippen LogP) is 3.80. The number of pyridine rings is 1. The third-order valence-electron chi connectivity index (χ3n) is 2.30. The Balaban J connectivity index is 0.000000686. The molecule has 2 N–H and O–H groups in total. The van der Waals surface area contributed by atoms with Crippen LogP contribution in [-0.2, 0) is 0 Å². The molecule has 0 aliphatic carbocycles. The first-order chi connectivity index (χ1) is 8.16. The number of rotatable bonds is 1. The van der Waals surface area contributed by atoms with Gasteiger partial charge in [0.25, 0.3) is 0 Å². The zero-order valence-electron chi connectivity index (χ0n) is 10.4. The summed E-state index contributed by atoms with van der Waals surface area (Å²) in [7, 11) is 0. The highest BCUT2D eigenvalue weighted by molar-refractivity contribution is 5.67. The Bertz CT molecular complexity index is 478. The monoisotopic (exact) mass is 232 g/mol. The fraction of sp³-hybridized carbons (Fsp3) is 0.214. The topological polar surface area (TPSA) is 38.9 Å². The summed E-state index contributed by atoms with van der Waals surface area (Å²) in [5, 5.41) is 0. The van der Waals surface area contributed by atoms with Crippen molar-refractivity contribution >= 4 is 5.82 Å². The van der Waals surface area contributed by atoms with Gasteiger partial charge in [0, 0.05) is 11.8 Å². The van der Waals surface area contributed by atoms with Crippen molar-refractivity contribution in [3.05, 3.63) is 47.9 Å². The summed E-state index contributed by atoms with van der Waals surface area (Å²) in [4.78, 5) is 3.98. The fourth-order valence-corrected chi connectivity index (χ4v) is 1.47. The lowest BCUT2D eigenvalue weighted by Gasteiger charge is -2.05. The molecule has 0 atom stereocenters. The van der Waals surface area contributed by atoms with Crippen molar-refractivity contribution in [2.24, 2.45) is 0 Å². The largest absolute Gasteiger partial charge is 0.384 e. The molecule has 1 heterocycles. The number of nitrogen functional groups attached to an aromatic ring is 1. The van der Waals surface area contributed by atoms with Gasteiger partial charge in [-0.25, -0.2) is 9.37 Å². The van der Waals surface area contributed by atoms with Gasteiger partial charge in [0.1, 0.15) is 11.6 Å². The standard InChI is InChI=1S/C12H11FN2.C2H6/c1-8-2-4-10(13)6-11(8)9-3-5-12(14)15-7-9;1-2/h2-7H,1H3,(H2,14,15);1-2H3. The van der Waals surface area contributed by atoms with Crippen LogP contribution in [0, 0.1) is 12.7 Å². The molecule has 1 aromatic carbocycles. The van der Waals surface area contributed by atoms with Gasteiger partial charge in [0.05, 0.1) is 0 Å². The van der Waals surface area contributed by atoms with Crippen LogP contribution in [0.4, 0.5) is 10.2 Å². The van der Waals surface area contributed by atoms with Gasteiger partial charge in [-0.2, -0.15) is 0 Å². The van der Waals surface area contributed by atoms with Crippen LogP contribution in [0.3, 0.4) is 0 Å². The van der Waals surface area contributed by atoms with E-state index in [0.717, 1.165) is 16.7 Å². The summed E-state index contributed by atoms with van der Waals surface area (Å²) in [5.74, 6) is 0.222. The van der Waals surface area contributed by atoms with Crippen molar-refractivity contribution in [1.29, 1.82) is 0 Å². The van der Waals surface area contributed by atoms with Gasteiger partial charge in [-0.05, 0) is 42.3 Å². The quantitative estimate of drug-likeness (QED) is 0.812. The van der Waals surface area contributed by atoms with E-state index in [2.05, 4.69) is 4.98 Å². The van der Waals surface area contributed by atoms with Crippen LogP contribution in [0.2, 0.25) is 0 Å². The van der Waals surface area contributed by atoms with Crippen LogP contribution in [0.25, 0.3) is 11.1 Å². The zero-order chi connectivity index (χ0) is 12.8. The molecule has 0 unspecified atom stereocenters. The van der Waals surface area contributed by atoms with Crippen molar-refractivity contribution in [3.8, 4) is 11.1 Å². The molecule has 0 spiro atoms. The number of benzene rings is 1. The summed E-state index contributed by atoms with van der Waals surface area (Å²) in [6, 6.07) is 8.25. The Morgan fingerprint density at radius 2 is 1.82 bits per heavy atom. The van der Waals surface area contributed by atoms with Crippen molar-refractivity contribution in [1.82, 2.24) is 4.98 Å². The van der Waals surface area contributed by atoms with Gasteiger partial charge in [-0.1, -0.05) is 19.9 Å². The number of nitrogens with zero attached hydrogens (tertiary/aromatic N) is 1. The molecule has 0 fully saturated rings. The lowest BCUT2D eigenvalue weighted by atomic mass is 10.0. The van der Waals surface area contributed by atoms with Crippen LogP contribution >= 0.6 is 0 Å². The van der Waals surface area contributed by atoms with Crippen LogP contribution < -0.4 is 5.73 Å². The predicted molar refractivity (Wildman–Crippen MR) is 70.1 cm³/mol. The highest BCUT2D eigenvalue weighted by Gasteiger charge is 2.03. The number of halogens is 1. The molecule has 0 saturated carbocycles. The Labute approximate surface area is 101 Å². The van der Waals surface area contributed by atoms with E-state index < -0.39 is 0 Å². The summed E-state index contributed by atoms with van der Waals surface area (Å²) >= 11 is 0. The van der Waals surface area contributed by atoms with Crippen LogP contribution in [-0.4, -0.2) is 4.98 Å². The molecule has 2 nitrogen and oxygen atoms in total. The molecular formula is C14H17FN2.